The number of amides is 1. The third-order valence-corrected chi connectivity index (χ3v) is 6.85. The van der Waals surface area contributed by atoms with Gasteiger partial charge in [-0.05, 0) is 48.5 Å². The van der Waals surface area contributed by atoms with Crippen LogP contribution in [0.3, 0.4) is 0 Å². The van der Waals surface area contributed by atoms with Gasteiger partial charge >= 0.3 is 0 Å². The number of halogens is 1. The van der Waals surface area contributed by atoms with Gasteiger partial charge in [0.25, 0.3) is 5.91 Å². The number of hydrogen-bond donors (Lipinski definition) is 0. The molecule has 36 heavy (non-hydrogen) atoms. The normalized spacial score (nSPS) is 11.3. The van der Waals surface area contributed by atoms with Crippen LogP contribution in [0.4, 0.5) is 5.13 Å². The van der Waals surface area contributed by atoms with E-state index in [-0.39, 0.29) is 11.0 Å². The Morgan fingerprint density at radius 1 is 1.08 bits per heavy atom. The molecule has 5 rings (SSSR count). The number of hydrogen-bond acceptors (Lipinski definition) is 8. The van der Waals surface area contributed by atoms with Gasteiger partial charge in [-0.25, -0.2) is 4.98 Å². The number of rotatable bonds is 6. The number of thiazole rings is 1. The number of fused-ring (bicyclic) bond motifs is 2. The van der Waals surface area contributed by atoms with Crippen LogP contribution in [0, 0.1) is 0 Å². The van der Waals surface area contributed by atoms with Crippen molar-refractivity contribution in [3.63, 3.8) is 0 Å². The zero-order chi connectivity index (χ0) is 25.2. The van der Waals surface area contributed by atoms with Gasteiger partial charge < -0.3 is 13.9 Å². The minimum Gasteiger partial charge on any atom is -0.493 e. The van der Waals surface area contributed by atoms with Crippen LogP contribution >= 0.6 is 27.3 Å². The molecule has 1 amide bonds. The van der Waals surface area contributed by atoms with Crippen molar-refractivity contribution in [1.29, 1.82) is 0 Å². The zero-order valence-electron chi connectivity index (χ0n) is 19.1. The lowest BCUT2D eigenvalue weighted by Crippen LogP contribution is -2.26. The van der Waals surface area contributed by atoms with E-state index in [4.69, 9.17) is 13.9 Å². The van der Waals surface area contributed by atoms with Crippen LogP contribution in [0.15, 0.2) is 85.7 Å². The predicted octanol–water partition coefficient (Wildman–Crippen LogP) is 5.86. The fourth-order valence-electron chi connectivity index (χ4n) is 3.56. The molecule has 0 aliphatic carbocycles. The second kappa shape index (κ2) is 9.92. The molecule has 0 saturated carbocycles. The van der Waals surface area contributed by atoms with Crippen molar-refractivity contribution >= 4 is 65.7 Å². The standard InChI is InChI=1S/C26H18BrN3O5S/c1-33-21-10-7-15(11-22(21)34-2)25(32)30(26-29-19-9-8-17(27)12-23(19)36-26)28-13-16-14-35-20-6-4-3-5-18(20)24(16)31/h3-14H,1-2H3/b28-13+. The third-order valence-electron chi connectivity index (χ3n) is 5.36. The Balaban J connectivity index is 1.60. The molecule has 0 aliphatic rings. The number of aromatic nitrogens is 1. The quantitative estimate of drug-likeness (QED) is 0.189. The highest BCUT2D eigenvalue weighted by Crippen LogP contribution is 2.33. The maximum absolute atomic E-state index is 13.6. The van der Waals surface area contributed by atoms with Gasteiger partial charge in [-0.3, -0.25) is 9.59 Å². The molecule has 0 spiro atoms. The first-order valence-corrected chi connectivity index (χ1v) is 12.3. The van der Waals surface area contributed by atoms with Gasteiger partial charge in [0.1, 0.15) is 11.8 Å². The summed E-state index contributed by atoms with van der Waals surface area (Å²) in [4.78, 5) is 31.2. The lowest BCUT2D eigenvalue weighted by molar-refractivity contribution is 0.0987. The average molecular weight is 564 g/mol. The minimum absolute atomic E-state index is 0.197. The monoisotopic (exact) mass is 563 g/mol. The number of anilines is 1. The molecule has 0 N–H and O–H groups in total. The van der Waals surface area contributed by atoms with Crippen LogP contribution < -0.4 is 19.9 Å². The third kappa shape index (κ3) is 4.48. The number of hydrazone groups is 1. The maximum atomic E-state index is 13.6. The molecule has 5 aromatic rings. The molecule has 2 heterocycles. The van der Waals surface area contributed by atoms with Crippen molar-refractivity contribution in [3.8, 4) is 11.5 Å². The van der Waals surface area contributed by atoms with E-state index in [0.717, 1.165) is 14.2 Å². The van der Waals surface area contributed by atoms with Crippen LogP contribution in [0.5, 0.6) is 11.5 Å². The van der Waals surface area contributed by atoms with Crippen molar-refractivity contribution in [2.24, 2.45) is 5.10 Å². The molecule has 0 unspecified atom stereocenters. The fraction of sp³-hybridized carbons (Fsp3) is 0.0769. The van der Waals surface area contributed by atoms with Gasteiger partial charge in [-0.2, -0.15) is 10.1 Å². The minimum atomic E-state index is -0.462. The number of nitrogens with zero attached hydrogens (tertiary/aromatic N) is 3. The van der Waals surface area contributed by atoms with E-state index in [0.29, 0.717) is 38.7 Å². The second-order valence-electron chi connectivity index (χ2n) is 7.56. The maximum Gasteiger partial charge on any atom is 0.280 e. The van der Waals surface area contributed by atoms with E-state index in [1.807, 2.05) is 18.2 Å². The van der Waals surface area contributed by atoms with Crippen molar-refractivity contribution < 1.29 is 18.7 Å². The Kier molecular flexibility index (Phi) is 6.53. The topological polar surface area (TPSA) is 94.2 Å². The van der Waals surface area contributed by atoms with E-state index in [9.17, 15) is 9.59 Å². The summed E-state index contributed by atoms with van der Waals surface area (Å²) in [6, 6.07) is 17.4. The van der Waals surface area contributed by atoms with E-state index >= 15 is 0 Å². The van der Waals surface area contributed by atoms with Crippen molar-refractivity contribution in [3.05, 3.63) is 92.7 Å². The highest BCUT2D eigenvalue weighted by Gasteiger charge is 2.23. The molecule has 0 saturated heterocycles. The van der Waals surface area contributed by atoms with E-state index in [1.165, 1.54) is 38.0 Å². The molecule has 0 fully saturated rings. The smallest absolute Gasteiger partial charge is 0.280 e. The Morgan fingerprint density at radius 3 is 2.69 bits per heavy atom. The molecule has 180 valence electrons. The Labute approximate surface area is 217 Å². The van der Waals surface area contributed by atoms with Gasteiger partial charge in [-0.15, -0.1) is 0 Å². The van der Waals surface area contributed by atoms with Crippen molar-refractivity contribution in [2.75, 3.05) is 19.2 Å². The Morgan fingerprint density at radius 2 is 1.89 bits per heavy atom. The first-order valence-electron chi connectivity index (χ1n) is 10.7. The van der Waals surface area contributed by atoms with Gasteiger partial charge in [-0.1, -0.05) is 39.4 Å². The van der Waals surface area contributed by atoms with Crippen molar-refractivity contribution in [2.45, 2.75) is 0 Å². The van der Waals surface area contributed by atoms with Gasteiger partial charge in [0.05, 0.1) is 41.6 Å². The van der Waals surface area contributed by atoms with Crippen LogP contribution in [0.25, 0.3) is 21.2 Å². The summed E-state index contributed by atoms with van der Waals surface area (Å²) in [5.74, 6) is 0.425. The largest absolute Gasteiger partial charge is 0.493 e. The second-order valence-corrected chi connectivity index (χ2v) is 9.48. The van der Waals surface area contributed by atoms with E-state index in [1.54, 1.807) is 42.5 Å². The van der Waals surface area contributed by atoms with Gasteiger partial charge in [0, 0.05) is 10.0 Å². The van der Waals surface area contributed by atoms with Gasteiger partial charge in [0.2, 0.25) is 10.6 Å². The molecule has 0 aliphatic heterocycles. The average Bonchev–Trinajstić information content (AvgIpc) is 3.32. The number of methoxy groups -OCH3 is 2. The molecule has 8 nitrogen and oxygen atoms in total. The molecule has 0 radical (unpaired) electrons. The molecule has 3 aromatic carbocycles. The molecule has 0 bridgehead atoms. The zero-order valence-corrected chi connectivity index (χ0v) is 21.5. The number of carbonyl (C=O) groups excluding carboxylic acids is 1. The molecular formula is C26H18BrN3O5S. The molecule has 2 aromatic heterocycles. The van der Waals surface area contributed by atoms with Crippen LogP contribution in [0.2, 0.25) is 0 Å². The lowest BCUT2D eigenvalue weighted by Gasteiger charge is -2.15. The van der Waals surface area contributed by atoms with Crippen molar-refractivity contribution in [1.82, 2.24) is 4.98 Å². The van der Waals surface area contributed by atoms with Crippen LogP contribution in [-0.4, -0.2) is 31.3 Å². The summed E-state index contributed by atoms with van der Waals surface area (Å²) in [5.41, 5.74) is 1.42. The van der Waals surface area contributed by atoms with E-state index < -0.39 is 5.91 Å². The number of ether oxygens (including phenoxy) is 2. The highest BCUT2D eigenvalue weighted by atomic mass is 79.9. The summed E-state index contributed by atoms with van der Waals surface area (Å²) < 4.78 is 18.0. The summed E-state index contributed by atoms with van der Waals surface area (Å²) in [7, 11) is 3.01. The SMILES string of the molecule is COc1ccc(C(=O)N(/N=C/c2coc3ccccc3c2=O)c2nc3ccc(Br)cc3s2)cc1OC. The summed E-state index contributed by atoms with van der Waals surface area (Å²) in [6.07, 6.45) is 2.63. The highest BCUT2D eigenvalue weighted by molar-refractivity contribution is 9.10. The summed E-state index contributed by atoms with van der Waals surface area (Å²) >= 11 is 4.76. The fourth-order valence-corrected chi connectivity index (χ4v) is 5.03. The lowest BCUT2D eigenvalue weighted by atomic mass is 10.2. The Bertz CT molecular complexity index is 1690. The van der Waals surface area contributed by atoms with Gasteiger partial charge in [0.15, 0.2) is 11.5 Å². The van der Waals surface area contributed by atoms with E-state index in [2.05, 4.69) is 26.0 Å². The molecule has 0 atom stereocenters. The first kappa shape index (κ1) is 23.7. The Hall–Kier alpha value is -4.02. The summed E-state index contributed by atoms with van der Waals surface area (Å²) in [5, 5.41) is 6.31. The van der Waals surface area contributed by atoms with Crippen LogP contribution in [0.1, 0.15) is 15.9 Å². The summed E-state index contributed by atoms with van der Waals surface area (Å²) in [6.45, 7) is 0. The number of benzene rings is 3. The molecule has 10 heteroatoms. The number of para-hydroxylation sites is 1. The number of carbonyl (C=O) groups is 1. The molecular weight excluding hydrogens is 546 g/mol. The predicted molar refractivity (Wildman–Crippen MR) is 144 cm³/mol. The van der Waals surface area contributed by atoms with Crippen LogP contribution in [-0.2, 0) is 0 Å². The first-order chi connectivity index (χ1) is 17.5.